The van der Waals surface area contributed by atoms with E-state index in [1.54, 1.807) is 25.2 Å². The molecule has 37 heavy (non-hydrogen) atoms. The highest BCUT2D eigenvalue weighted by Crippen LogP contribution is 2.37. The van der Waals surface area contributed by atoms with E-state index in [9.17, 15) is 27.6 Å². The number of nitrogens with one attached hydrogen (secondary N) is 2. The molecule has 2 N–H and O–H groups in total. The highest BCUT2D eigenvalue weighted by Gasteiger charge is 2.35. The van der Waals surface area contributed by atoms with Gasteiger partial charge in [-0.3, -0.25) is 14.4 Å². The van der Waals surface area contributed by atoms with Gasteiger partial charge in [0.25, 0.3) is 17.6 Å². The van der Waals surface area contributed by atoms with Crippen molar-refractivity contribution in [3.8, 4) is 0 Å². The maximum atomic E-state index is 13.5. The lowest BCUT2D eigenvalue weighted by molar-refractivity contribution is -0.140. The van der Waals surface area contributed by atoms with Crippen LogP contribution in [0.4, 0.5) is 24.5 Å². The molecule has 1 aromatic heterocycles. The zero-order valence-corrected chi connectivity index (χ0v) is 20.4. The van der Waals surface area contributed by atoms with E-state index in [0.29, 0.717) is 41.8 Å². The molecule has 2 aromatic carbocycles. The molecule has 3 aromatic rings. The number of benzene rings is 2. The fraction of sp³-hybridized carbons (Fsp3) is 0.308. The fourth-order valence-corrected chi connectivity index (χ4v) is 5.21. The van der Waals surface area contributed by atoms with Gasteiger partial charge < -0.3 is 15.5 Å². The van der Waals surface area contributed by atoms with Crippen LogP contribution in [-0.4, -0.2) is 41.7 Å². The van der Waals surface area contributed by atoms with Crippen LogP contribution in [0.15, 0.2) is 42.5 Å². The molecular formula is C26H22ClF3N4O3. The van der Waals surface area contributed by atoms with Crippen molar-refractivity contribution in [2.24, 2.45) is 0 Å². The number of pyridine rings is 1. The van der Waals surface area contributed by atoms with Crippen LogP contribution in [0, 0.1) is 0 Å². The Bertz CT molecular complexity index is 1430. The third-order valence-corrected chi connectivity index (χ3v) is 7.23. The third-order valence-electron chi connectivity index (χ3n) is 7.00. The van der Waals surface area contributed by atoms with E-state index >= 15 is 0 Å². The lowest BCUT2D eigenvalue weighted by Gasteiger charge is -2.37. The fourth-order valence-electron chi connectivity index (χ4n) is 5.04. The van der Waals surface area contributed by atoms with Crippen LogP contribution in [0.2, 0.25) is 5.02 Å². The first-order valence-electron chi connectivity index (χ1n) is 11.7. The summed E-state index contributed by atoms with van der Waals surface area (Å²) >= 11 is 6.13. The van der Waals surface area contributed by atoms with Crippen molar-refractivity contribution < 1.29 is 27.6 Å². The minimum atomic E-state index is -4.59. The second-order valence-corrected chi connectivity index (χ2v) is 9.72. The van der Waals surface area contributed by atoms with Crippen LogP contribution >= 0.6 is 11.6 Å². The molecule has 2 aliphatic rings. The van der Waals surface area contributed by atoms with Crippen molar-refractivity contribution in [2.75, 3.05) is 17.3 Å². The van der Waals surface area contributed by atoms with Crippen molar-refractivity contribution in [1.29, 1.82) is 0 Å². The Balaban J connectivity index is 1.31. The van der Waals surface area contributed by atoms with E-state index in [4.69, 9.17) is 11.6 Å². The number of halogens is 4. The molecule has 1 aliphatic carbocycles. The molecule has 11 heteroatoms. The number of carbonyl (C=O) groups excluding carboxylic acids is 3. The predicted octanol–water partition coefficient (Wildman–Crippen LogP) is 5.22. The summed E-state index contributed by atoms with van der Waals surface area (Å²) < 4.78 is 40.6. The molecule has 2 heterocycles. The van der Waals surface area contributed by atoms with Crippen molar-refractivity contribution >= 4 is 51.5 Å². The lowest BCUT2D eigenvalue weighted by Crippen LogP contribution is -2.43. The van der Waals surface area contributed by atoms with Crippen LogP contribution < -0.4 is 15.5 Å². The van der Waals surface area contributed by atoms with Gasteiger partial charge in [0.2, 0.25) is 0 Å². The van der Waals surface area contributed by atoms with Gasteiger partial charge in [-0.1, -0.05) is 17.7 Å². The van der Waals surface area contributed by atoms with Crippen LogP contribution in [0.5, 0.6) is 0 Å². The normalized spacial score (nSPS) is 19.5. The van der Waals surface area contributed by atoms with Gasteiger partial charge in [0.05, 0.1) is 22.3 Å². The van der Waals surface area contributed by atoms with Gasteiger partial charge in [-0.05, 0) is 62.1 Å². The summed E-state index contributed by atoms with van der Waals surface area (Å²) in [6.07, 6.45) is -2.11. The van der Waals surface area contributed by atoms with Crippen molar-refractivity contribution in [1.82, 2.24) is 10.3 Å². The molecule has 1 saturated carbocycles. The zero-order valence-electron chi connectivity index (χ0n) is 19.7. The summed E-state index contributed by atoms with van der Waals surface area (Å²) in [4.78, 5) is 42.2. The minimum Gasteiger partial charge on any atom is -0.371 e. The van der Waals surface area contributed by atoms with Crippen molar-refractivity contribution in [3.63, 3.8) is 0 Å². The maximum Gasteiger partial charge on any atom is 0.433 e. The summed E-state index contributed by atoms with van der Waals surface area (Å²) in [6, 6.07) is 10.0. The van der Waals surface area contributed by atoms with E-state index in [2.05, 4.69) is 15.6 Å². The van der Waals surface area contributed by atoms with Gasteiger partial charge in [-0.25, -0.2) is 4.98 Å². The number of nitrogens with zero attached hydrogens (tertiary/aromatic N) is 2. The van der Waals surface area contributed by atoms with Crippen LogP contribution in [0.1, 0.15) is 52.1 Å². The number of anilines is 2. The Morgan fingerprint density at radius 1 is 1.11 bits per heavy atom. The summed E-state index contributed by atoms with van der Waals surface area (Å²) in [7, 11) is 1.76. The number of aromatic nitrogens is 1. The standard InChI is InChI=1S/C26H22ClF3N4O3/c1-34(20-12-21(26(28,29)30)32-19-10-5-13(27)11-18(19)20)15-8-6-14(7-9-15)31-24(36)17-4-2-3-16-22(17)33-25(37)23(16)35/h2-5,10-12,14-15H,6-9H2,1H3,(H,31,36)(H,33,35,37). The number of carbonyl (C=O) groups is 3. The Hall–Kier alpha value is -3.66. The average molecular weight is 531 g/mol. The molecular weight excluding hydrogens is 509 g/mol. The molecule has 0 atom stereocenters. The first-order valence-corrected chi connectivity index (χ1v) is 12.1. The molecule has 0 bridgehead atoms. The largest absolute Gasteiger partial charge is 0.433 e. The van der Waals surface area contributed by atoms with Gasteiger partial charge in [0.15, 0.2) is 0 Å². The van der Waals surface area contributed by atoms with Gasteiger partial charge in [-0.2, -0.15) is 13.2 Å². The number of ketones is 1. The highest BCUT2D eigenvalue weighted by molar-refractivity contribution is 6.52. The number of para-hydroxylation sites is 1. The molecule has 0 saturated heterocycles. The van der Waals surface area contributed by atoms with Gasteiger partial charge in [0, 0.05) is 35.2 Å². The average Bonchev–Trinajstić information content (AvgIpc) is 3.16. The first kappa shape index (κ1) is 25.0. The van der Waals surface area contributed by atoms with Gasteiger partial charge >= 0.3 is 6.18 Å². The summed E-state index contributed by atoms with van der Waals surface area (Å²) in [5, 5.41) is 6.36. The Morgan fingerprint density at radius 3 is 2.54 bits per heavy atom. The molecule has 0 radical (unpaired) electrons. The molecule has 192 valence electrons. The second kappa shape index (κ2) is 9.33. The lowest BCUT2D eigenvalue weighted by atomic mass is 9.89. The van der Waals surface area contributed by atoms with Crippen molar-refractivity contribution in [3.05, 3.63) is 64.3 Å². The van der Waals surface area contributed by atoms with Crippen LogP contribution in [0.25, 0.3) is 10.9 Å². The maximum absolute atomic E-state index is 13.5. The molecule has 1 fully saturated rings. The van der Waals surface area contributed by atoms with E-state index in [0.717, 1.165) is 6.07 Å². The summed E-state index contributed by atoms with van der Waals surface area (Å²) in [5.41, 5.74) is 0.246. The topological polar surface area (TPSA) is 91.4 Å². The highest BCUT2D eigenvalue weighted by atomic mass is 35.5. The SMILES string of the molecule is CN(c1cc(C(F)(F)F)nc2ccc(Cl)cc12)C1CCC(NC(=O)c2cccc3c2NC(=O)C3=O)CC1. The number of alkyl halides is 3. The predicted molar refractivity (Wildman–Crippen MR) is 133 cm³/mol. The van der Waals surface area contributed by atoms with Crippen molar-refractivity contribution in [2.45, 2.75) is 43.9 Å². The second-order valence-electron chi connectivity index (χ2n) is 9.29. The Kier molecular flexibility index (Phi) is 6.31. The summed E-state index contributed by atoms with van der Waals surface area (Å²) in [6.45, 7) is 0. The third kappa shape index (κ3) is 4.73. The van der Waals surface area contributed by atoms with E-state index in [1.807, 2.05) is 4.90 Å². The number of Topliss-reactive ketones (excluding diaryl/α,β-unsaturated/α-hetero) is 1. The number of fused-ring (bicyclic) bond motifs is 2. The van der Waals surface area contributed by atoms with E-state index < -0.39 is 29.5 Å². The zero-order chi connectivity index (χ0) is 26.5. The summed E-state index contributed by atoms with van der Waals surface area (Å²) in [5.74, 6) is -1.84. The van der Waals surface area contributed by atoms with Crippen LogP contribution in [-0.2, 0) is 11.0 Å². The Morgan fingerprint density at radius 2 is 1.84 bits per heavy atom. The minimum absolute atomic E-state index is 0.0586. The number of hydrogen-bond acceptors (Lipinski definition) is 5. The number of amides is 2. The first-order chi connectivity index (χ1) is 17.5. The number of rotatable bonds is 4. The quantitative estimate of drug-likeness (QED) is 0.451. The molecule has 0 spiro atoms. The number of hydrogen-bond donors (Lipinski definition) is 2. The molecule has 2 amide bonds. The smallest absolute Gasteiger partial charge is 0.371 e. The van der Waals surface area contributed by atoms with E-state index in [-0.39, 0.29) is 34.4 Å². The molecule has 5 rings (SSSR count). The van der Waals surface area contributed by atoms with E-state index in [1.165, 1.54) is 18.2 Å². The molecule has 7 nitrogen and oxygen atoms in total. The molecule has 0 unspecified atom stereocenters. The Labute approximate surface area is 215 Å². The van der Waals surface area contributed by atoms with Crippen LogP contribution in [0.3, 0.4) is 0 Å². The molecule has 1 aliphatic heterocycles. The monoisotopic (exact) mass is 530 g/mol. The van der Waals surface area contributed by atoms with Gasteiger partial charge in [0.1, 0.15) is 5.69 Å². The van der Waals surface area contributed by atoms with Gasteiger partial charge in [-0.15, -0.1) is 0 Å².